The molecule has 0 saturated carbocycles. The first-order valence-electron chi connectivity index (χ1n) is 3.82. The van der Waals surface area contributed by atoms with Crippen LogP contribution in [-0.4, -0.2) is 24.6 Å². The first kappa shape index (κ1) is 12.6. The van der Waals surface area contributed by atoms with Gasteiger partial charge in [-0.25, -0.2) is 9.97 Å². The lowest BCUT2D eigenvalue weighted by Crippen LogP contribution is -2.06. The average Bonchev–Trinajstić information content (AvgIpc) is 1.99. The van der Waals surface area contributed by atoms with Gasteiger partial charge in [0.1, 0.15) is 5.15 Å². The fourth-order valence-electron chi connectivity index (χ4n) is 0.859. The highest BCUT2D eigenvalue weighted by Crippen LogP contribution is 2.19. The van der Waals surface area contributed by atoms with E-state index in [1.807, 2.05) is 0 Å². The predicted octanol–water partition coefficient (Wildman–Crippen LogP) is 1.57. The molecule has 1 heterocycles. The summed E-state index contributed by atoms with van der Waals surface area (Å²) in [6, 6.07) is 0. The molecule has 0 aromatic carbocycles. The van der Waals surface area contributed by atoms with E-state index in [1.54, 1.807) is 6.92 Å². The second kappa shape index (κ2) is 4.61. The first-order chi connectivity index (χ1) is 6.79. The Labute approximate surface area is 97.5 Å². The van der Waals surface area contributed by atoms with E-state index in [4.69, 9.17) is 23.2 Å². The van der Waals surface area contributed by atoms with Gasteiger partial charge in [0.05, 0.1) is 12.9 Å². The Morgan fingerprint density at radius 3 is 2.40 bits per heavy atom. The molecular weight excluding hydrogens is 263 g/mol. The van der Waals surface area contributed by atoms with E-state index in [0.29, 0.717) is 11.3 Å². The summed E-state index contributed by atoms with van der Waals surface area (Å²) in [5.41, 5.74) is 0.898. The highest BCUT2D eigenvalue weighted by molar-refractivity contribution is 7.85. The van der Waals surface area contributed by atoms with Crippen LogP contribution in [0.4, 0.5) is 0 Å². The summed E-state index contributed by atoms with van der Waals surface area (Å²) in [6.45, 7) is 1.45. The van der Waals surface area contributed by atoms with Crippen molar-refractivity contribution >= 4 is 33.3 Å². The van der Waals surface area contributed by atoms with Crippen LogP contribution in [0, 0.1) is 6.92 Å². The molecule has 0 unspecified atom stereocenters. The van der Waals surface area contributed by atoms with E-state index in [0.717, 1.165) is 6.26 Å². The van der Waals surface area contributed by atoms with Gasteiger partial charge in [0.2, 0.25) is 5.28 Å². The van der Waals surface area contributed by atoms with Crippen LogP contribution in [-0.2, 0) is 20.9 Å². The topological polar surface area (TPSA) is 69.2 Å². The molecule has 0 atom stereocenters. The van der Waals surface area contributed by atoms with Gasteiger partial charge in [0.25, 0.3) is 10.1 Å². The lowest BCUT2D eigenvalue weighted by molar-refractivity contribution is 0.310. The Bertz CT molecular complexity index is 452. The van der Waals surface area contributed by atoms with E-state index < -0.39 is 10.1 Å². The van der Waals surface area contributed by atoms with Crippen LogP contribution >= 0.6 is 23.2 Å². The van der Waals surface area contributed by atoms with Crippen molar-refractivity contribution in [3.63, 3.8) is 0 Å². The third-order valence-corrected chi connectivity index (χ3v) is 2.58. The fourth-order valence-corrected chi connectivity index (χ4v) is 1.72. The van der Waals surface area contributed by atoms with Crippen molar-refractivity contribution in [3.05, 3.63) is 21.7 Å². The van der Waals surface area contributed by atoms with E-state index >= 15 is 0 Å². The molecular formula is C7H8Cl2N2O3S. The van der Waals surface area contributed by atoms with Crippen molar-refractivity contribution < 1.29 is 12.6 Å². The third-order valence-electron chi connectivity index (χ3n) is 1.55. The predicted molar refractivity (Wildman–Crippen MR) is 56.4 cm³/mol. The smallest absolute Gasteiger partial charge is 0.264 e. The van der Waals surface area contributed by atoms with Crippen LogP contribution in [0.25, 0.3) is 0 Å². The van der Waals surface area contributed by atoms with Gasteiger partial charge in [-0.2, -0.15) is 8.42 Å². The minimum absolute atomic E-state index is 0.0144. The summed E-state index contributed by atoms with van der Waals surface area (Å²) in [5.74, 6) is 0. The molecule has 0 bridgehead atoms. The number of aryl methyl sites for hydroxylation is 1. The molecule has 1 aromatic rings. The number of halogens is 2. The van der Waals surface area contributed by atoms with Crippen LogP contribution in [0.15, 0.2) is 0 Å². The molecule has 0 saturated heterocycles. The van der Waals surface area contributed by atoms with Gasteiger partial charge in [-0.1, -0.05) is 11.6 Å². The fraction of sp³-hybridized carbons (Fsp3) is 0.429. The van der Waals surface area contributed by atoms with Crippen molar-refractivity contribution in [3.8, 4) is 0 Å². The quantitative estimate of drug-likeness (QED) is 0.474. The molecule has 1 aromatic heterocycles. The van der Waals surface area contributed by atoms with Gasteiger partial charge in [0.15, 0.2) is 0 Å². The van der Waals surface area contributed by atoms with Crippen molar-refractivity contribution in [1.29, 1.82) is 0 Å². The van der Waals surface area contributed by atoms with Crippen LogP contribution in [0.3, 0.4) is 0 Å². The summed E-state index contributed by atoms with van der Waals surface area (Å²) in [6.07, 6.45) is 0.951. The van der Waals surface area contributed by atoms with E-state index in [9.17, 15) is 8.42 Å². The zero-order valence-electron chi connectivity index (χ0n) is 7.99. The molecule has 5 nitrogen and oxygen atoms in total. The molecule has 0 aliphatic rings. The molecule has 1 rings (SSSR count). The number of hydrogen-bond acceptors (Lipinski definition) is 5. The van der Waals surface area contributed by atoms with Crippen molar-refractivity contribution in [2.24, 2.45) is 0 Å². The highest BCUT2D eigenvalue weighted by Gasteiger charge is 2.12. The monoisotopic (exact) mass is 270 g/mol. The summed E-state index contributed by atoms with van der Waals surface area (Å²) in [4.78, 5) is 7.51. The number of rotatable bonds is 3. The van der Waals surface area contributed by atoms with Gasteiger partial charge in [-0.15, -0.1) is 0 Å². The molecule has 15 heavy (non-hydrogen) atoms. The Balaban J connectivity index is 2.96. The maximum Gasteiger partial charge on any atom is 0.264 e. The van der Waals surface area contributed by atoms with Crippen LogP contribution < -0.4 is 0 Å². The summed E-state index contributed by atoms with van der Waals surface area (Å²) < 4.78 is 26.1. The number of nitrogens with zero attached hydrogens (tertiary/aromatic N) is 2. The van der Waals surface area contributed by atoms with Crippen molar-refractivity contribution in [2.45, 2.75) is 13.5 Å². The lowest BCUT2D eigenvalue weighted by atomic mass is 10.3. The zero-order chi connectivity index (χ0) is 11.6. The van der Waals surface area contributed by atoms with E-state index in [-0.39, 0.29) is 17.0 Å². The minimum Gasteiger partial charge on any atom is -0.265 e. The van der Waals surface area contributed by atoms with Gasteiger partial charge < -0.3 is 0 Å². The standard InChI is InChI=1S/C7H8Cl2N2O3S/c1-4-5(3-14-15(2,12)13)6(8)11-7(9)10-4/h3H2,1-2H3. The molecule has 0 fully saturated rings. The Hall–Kier alpha value is -0.430. The number of hydrogen-bond donors (Lipinski definition) is 0. The Morgan fingerprint density at radius 1 is 1.33 bits per heavy atom. The van der Waals surface area contributed by atoms with Gasteiger partial charge in [-0.05, 0) is 18.5 Å². The van der Waals surface area contributed by atoms with Crippen molar-refractivity contribution in [1.82, 2.24) is 9.97 Å². The molecule has 0 aliphatic carbocycles. The maximum absolute atomic E-state index is 10.8. The van der Waals surface area contributed by atoms with Gasteiger partial charge in [-0.3, -0.25) is 4.18 Å². The van der Waals surface area contributed by atoms with Crippen LogP contribution in [0.1, 0.15) is 11.3 Å². The van der Waals surface area contributed by atoms with Crippen LogP contribution in [0.2, 0.25) is 10.4 Å². The minimum atomic E-state index is -3.51. The average molecular weight is 271 g/mol. The third kappa shape index (κ3) is 3.90. The number of aromatic nitrogens is 2. The second-order valence-corrected chi connectivity index (χ2v) is 5.15. The largest absolute Gasteiger partial charge is 0.265 e. The molecule has 8 heteroatoms. The molecule has 0 radical (unpaired) electrons. The summed E-state index contributed by atoms with van der Waals surface area (Å²) >= 11 is 11.3. The SMILES string of the molecule is Cc1nc(Cl)nc(Cl)c1COS(C)(=O)=O. The Morgan fingerprint density at radius 2 is 1.93 bits per heavy atom. The summed E-state index contributed by atoms with van der Waals surface area (Å²) in [7, 11) is -3.51. The van der Waals surface area contributed by atoms with Crippen LogP contribution in [0.5, 0.6) is 0 Å². The van der Waals surface area contributed by atoms with Gasteiger partial charge >= 0.3 is 0 Å². The summed E-state index contributed by atoms with van der Waals surface area (Å²) in [5, 5.41) is 0.108. The maximum atomic E-state index is 10.8. The molecule has 0 aliphatic heterocycles. The zero-order valence-corrected chi connectivity index (χ0v) is 10.3. The normalized spacial score (nSPS) is 11.7. The van der Waals surface area contributed by atoms with E-state index in [2.05, 4.69) is 14.2 Å². The second-order valence-electron chi connectivity index (χ2n) is 2.81. The van der Waals surface area contributed by atoms with Crippen molar-refractivity contribution in [2.75, 3.05) is 6.26 Å². The molecule has 0 spiro atoms. The van der Waals surface area contributed by atoms with Gasteiger partial charge in [0, 0.05) is 11.3 Å². The first-order valence-corrected chi connectivity index (χ1v) is 6.40. The highest BCUT2D eigenvalue weighted by atomic mass is 35.5. The lowest BCUT2D eigenvalue weighted by Gasteiger charge is -2.06. The Kier molecular flexibility index (Phi) is 3.88. The molecule has 0 N–H and O–H groups in total. The molecule has 0 amide bonds. The van der Waals surface area contributed by atoms with E-state index in [1.165, 1.54) is 0 Å². The molecule has 84 valence electrons.